The van der Waals surface area contributed by atoms with E-state index in [1.165, 1.54) is 12.1 Å². The molecule has 0 aromatic heterocycles. The molecule has 0 aliphatic heterocycles. The molecule has 2 N–H and O–H groups in total. The van der Waals surface area contributed by atoms with Crippen molar-refractivity contribution in [2.24, 2.45) is 0 Å². The highest BCUT2D eigenvalue weighted by molar-refractivity contribution is 6.31. The zero-order chi connectivity index (χ0) is 20.0. The Labute approximate surface area is 160 Å². The van der Waals surface area contributed by atoms with Crippen molar-refractivity contribution in [1.82, 2.24) is 10.6 Å². The minimum Gasteiger partial charge on any atom is -0.484 e. The molecule has 0 bridgehead atoms. The van der Waals surface area contributed by atoms with Crippen molar-refractivity contribution in [3.63, 3.8) is 0 Å². The summed E-state index contributed by atoms with van der Waals surface area (Å²) in [4.78, 5) is 12.2. The van der Waals surface area contributed by atoms with Crippen molar-refractivity contribution in [2.75, 3.05) is 6.61 Å². The molecule has 2 aromatic carbocycles. The van der Waals surface area contributed by atoms with Gasteiger partial charge in [0.2, 0.25) is 0 Å². The zero-order valence-corrected chi connectivity index (χ0v) is 15.6. The molecule has 27 heavy (non-hydrogen) atoms. The molecule has 0 saturated carbocycles. The number of hydrogen-bond donors (Lipinski definition) is 2. The molecule has 8 heteroatoms. The lowest BCUT2D eigenvalue weighted by Gasteiger charge is -2.19. The second-order valence-corrected chi connectivity index (χ2v) is 6.46. The van der Waals surface area contributed by atoms with E-state index < -0.39 is 12.8 Å². The second-order valence-electron chi connectivity index (χ2n) is 6.06. The molecule has 0 fully saturated rings. The lowest BCUT2D eigenvalue weighted by molar-refractivity contribution is -0.153. The van der Waals surface area contributed by atoms with Gasteiger partial charge < -0.3 is 15.4 Å². The van der Waals surface area contributed by atoms with E-state index in [2.05, 4.69) is 15.4 Å². The van der Waals surface area contributed by atoms with Crippen LogP contribution in [0.5, 0.6) is 5.75 Å². The first kappa shape index (κ1) is 20.9. The number of benzene rings is 2. The number of halogens is 4. The van der Waals surface area contributed by atoms with Gasteiger partial charge >= 0.3 is 12.2 Å². The minimum absolute atomic E-state index is 0.111. The van der Waals surface area contributed by atoms with E-state index in [-0.39, 0.29) is 23.9 Å². The smallest absolute Gasteiger partial charge is 0.422 e. The van der Waals surface area contributed by atoms with Crippen LogP contribution in [0.2, 0.25) is 5.02 Å². The molecule has 0 radical (unpaired) electrons. The van der Waals surface area contributed by atoms with Crippen LogP contribution in [0, 0.1) is 0 Å². The van der Waals surface area contributed by atoms with E-state index in [0.717, 1.165) is 11.1 Å². The maximum atomic E-state index is 12.2. The van der Waals surface area contributed by atoms with E-state index in [4.69, 9.17) is 11.6 Å². The summed E-state index contributed by atoms with van der Waals surface area (Å²) < 4.78 is 41.1. The second kappa shape index (κ2) is 8.99. The summed E-state index contributed by atoms with van der Waals surface area (Å²) in [5.74, 6) is 0.111. The van der Waals surface area contributed by atoms with Crippen LogP contribution in [0.3, 0.4) is 0 Å². The molecule has 0 heterocycles. The topological polar surface area (TPSA) is 50.4 Å². The molecule has 2 unspecified atom stereocenters. The Morgan fingerprint density at radius 2 is 1.63 bits per heavy atom. The van der Waals surface area contributed by atoms with Gasteiger partial charge in [-0.15, -0.1) is 0 Å². The highest BCUT2D eigenvalue weighted by atomic mass is 35.5. The molecule has 2 aromatic rings. The number of nitrogens with one attached hydrogen (secondary N) is 2. The maximum absolute atomic E-state index is 12.2. The van der Waals surface area contributed by atoms with E-state index in [1.54, 1.807) is 25.1 Å². The quantitative estimate of drug-likeness (QED) is 0.681. The normalized spacial score (nSPS) is 13.6. The summed E-state index contributed by atoms with van der Waals surface area (Å²) in [7, 11) is 0. The van der Waals surface area contributed by atoms with Crippen molar-refractivity contribution in [2.45, 2.75) is 32.1 Å². The molecule has 0 saturated heterocycles. The third kappa shape index (κ3) is 6.67. The Kier molecular flexibility index (Phi) is 6.96. The van der Waals surface area contributed by atoms with Gasteiger partial charge in [0, 0.05) is 5.02 Å². The van der Waals surface area contributed by atoms with Gasteiger partial charge in [0.05, 0.1) is 12.1 Å². The van der Waals surface area contributed by atoms with Gasteiger partial charge in [-0.3, -0.25) is 0 Å². The van der Waals surface area contributed by atoms with Crippen LogP contribution < -0.4 is 15.4 Å². The molecule has 0 aliphatic carbocycles. The number of ether oxygens (including phenoxy) is 1. The molecular formula is C19H20ClF3N2O2. The van der Waals surface area contributed by atoms with Crippen molar-refractivity contribution < 1.29 is 22.7 Å². The lowest BCUT2D eigenvalue weighted by atomic mass is 10.1. The number of carbonyl (C=O) groups excluding carboxylic acids is 1. The first-order valence-electron chi connectivity index (χ1n) is 8.26. The summed E-state index contributed by atoms with van der Waals surface area (Å²) in [6, 6.07) is 12.3. The third-order valence-corrected chi connectivity index (χ3v) is 4.19. The van der Waals surface area contributed by atoms with Crippen LogP contribution in [0.1, 0.15) is 37.1 Å². The Balaban J connectivity index is 1.89. The van der Waals surface area contributed by atoms with Crippen LogP contribution >= 0.6 is 11.6 Å². The van der Waals surface area contributed by atoms with Gasteiger partial charge in [0.1, 0.15) is 5.75 Å². The average Bonchev–Trinajstić information content (AvgIpc) is 2.60. The molecule has 2 atom stereocenters. The van der Waals surface area contributed by atoms with Crippen molar-refractivity contribution >= 4 is 17.6 Å². The van der Waals surface area contributed by atoms with E-state index >= 15 is 0 Å². The molecule has 2 amide bonds. The van der Waals surface area contributed by atoms with Crippen LogP contribution in [0.25, 0.3) is 0 Å². The summed E-state index contributed by atoms with van der Waals surface area (Å²) in [6.07, 6.45) is -4.38. The Bertz CT molecular complexity index is 766. The number of urea groups is 1. The Morgan fingerprint density at radius 3 is 2.22 bits per heavy atom. The van der Waals surface area contributed by atoms with Crippen LogP contribution in [0.4, 0.5) is 18.0 Å². The Hall–Kier alpha value is -2.41. The standard InChI is InChI=1S/C19H20ClF3N2O2/c1-12(14-7-9-15(10-8-14)27-11-19(21,22)23)24-18(26)25-13(2)16-5-3-4-6-17(16)20/h3-10,12-13H,11H2,1-2H3,(H2,24,25,26). The fourth-order valence-corrected chi connectivity index (χ4v) is 2.74. The molecule has 0 spiro atoms. The summed E-state index contributed by atoms with van der Waals surface area (Å²) in [6.45, 7) is 2.24. The maximum Gasteiger partial charge on any atom is 0.422 e. The average molecular weight is 401 g/mol. The van der Waals surface area contributed by atoms with E-state index in [0.29, 0.717) is 5.02 Å². The van der Waals surface area contributed by atoms with Gasteiger partial charge in [-0.25, -0.2) is 4.79 Å². The lowest BCUT2D eigenvalue weighted by Crippen LogP contribution is -2.38. The molecule has 2 rings (SSSR count). The number of hydrogen-bond acceptors (Lipinski definition) is 2. The fraction of sp³-hybridized carbons (Fsp3) is 0.316. The minimum atomic E-state index is -4.38. The largest absolute Gasteiger partial charge is 0.484 e. The number of alkyl halides is 3. The molecule has 146 valence electrons. The summed E-state index contributed by atoms with van der Waals surface area (Å²) >= 11 is 6.12. The summed E-state index contributed by atoms with van der Waals surface area (Å²) in [5, 5.41) is 6.14. The zero-order valence-electron chi connectivity index (χ0n) is 14.8. The highest BCUT2D eigenvalue weighted by Gasteiger charge is 2.28. The van der Waals surface area contributed by atoms with Crippen molar-refractivity contribution in [3.05, 3.63) is 64.7 Å². The predicted molar refractivity (Wildman–Crippen MR) is 97.9 cm³/mol. The molecule has 4 nitrogen and oxygen atoms in total. The van der Waals surface area contributed by atoms with Gasteiger partial charge in [-0.05, 0) is 43.2 Å². The first-order chi connectivity index (χ1) is 12.7. The van der Waals surface area contributed by atoms with Crippen LogP contribution in [0.15, 0.2) is 48.5 Å². The first-order valence-corrected chi connectivity index (χ1v) is 8.64. The number of rotatable bonds is 6. The fourth-order valence-electron chi connectivity index (χ4n) is 2.44. The summed E-state index contributed by atoms with van der Waals surface area (Å²) in [5.41, 5.74) is 1.53. The van der Waals surface area contributed by atoms with Gasteiger partial charge in [-0.2, -0.15) is 13.2 Å². The number of carbonyl (C=O) groups is 1. The van der Waals surface area contributed by atoms with E-state index in [1.807, 2.05) is 25.1 Å². The molecular weight excluding hydrogens is 381 g/mol. The van der Waals surface area contributed by atoms with Crippen LogP contribution in [-0.4, -0.2) is 18.8 Å². The van der Waals surface area contributed by atoms with Crippen LogP contribution in [-0.2, 0) is 0 Å². The van der Waals surface area contributed by atoms with E-state index in [9.17, 15) is 18.0 Å². The third-order valence-electron chi connectivity index (χ3n) is 3.85. The SMILES string of the molecule is CC(NC(=O)NC(C)c1ccccc1Cl)c1ccc(OCC(F)(F)F)cc1. The Morgan fingerprint density at radius 1 is 1.04 bits per heavy atom. The van der Waals surface area contributed by atoms with Crippen molar-refractivity contribution in [3.8, 4) is 5.75 Å². The monoisotopic (exact) mass is 400 g/mol. The van der Waals surface area contributed by atoms with Gasteiger partial charge in [-0.1, -0.05) is 41.9 Å². The number of amides is 2. The highest BCUT2D eigenvalue weighted by Crippen LogP contribution is 2.23. The van der Waals surface area contributed by atoms with Gasteiger partial charge in [0.15, 0.2) is 6.61 Å². The van der Waals surface area contributed by atoms with Gasteiger partial charge in [0.25, 0.3) is 0 Å². The molecule has 0 aliphatic rings. The predicted octanol–water partition coefficient (Wildman–Crippen LogP) is 5.40. The van der Waals surface area contributed by atoms with Crippen molar-refractivity contribution in [1.29, 1.82) is 0 Å².